The van der Waals surface area contributed by atoms with Gasteiger partial charge in [0.05, 0.1) is 6.54 Å². The van der Waals surface area contributed by atoms with Gasteiger partial charge in [-0.3, -0.25) is 9.59 Å². The third-order valence-corrected chi connectivity index (χ3v) is 5.53. The van der Waals surface area contributed by atoms with Crippen LogP contribution in [0.1, 0.15) is 30.4 Å². The van der Waals surface area contributed by atoms with Crippen LogP contribution >= 0.6 is 0 Å². The molecule has 1 saturated heterocycles. The number of hydrogen-bond donors (Lipinski definition) is 2. The zero-order valence-corrected chi connectivity index (χ0v) is 16.0. The molecule has 2 heterocycles. The minimum absolute atomic E-state index is 0.00549. The van der Waals surface area contributed by atoms with E-state index in [9.17, 15) is 9.59 Å². The SMILES string of the molecule is Nc1cccc2c1CCCN2CC(=O)NCc1ccc(N2CCCC2=O)cc1. The number of amides is 2. The van der Waals surface area contributed by atoms with Crippen molar-refractivity contribution in [2.24, 2.45) is 0 Å². The van der Waals surface area contributed by atoms with Crippen molar-refractivity contribution in [1.29, 1.82) is 0 Å². The summed E-state index contributed by atoms with van der Waals surface area (Å²) in [5.74, 6) is 0.178. The van der Waals surface area contributed by atoms with Crippen LogP contribution in [0.3, 0.4) is 0 Å². The molecule has 0 saturated carbocycles. The van der Waals surface area contributed by atoms with Crippen molar-refractivity contribution in [3.8, 4) is 0 Å². The van der Waals surface area contributed by atoms with E-state index in [4.69, 9.17) is 5.73 Å². The standard InChI is InChI=1S/C22H26N4O2/c23-19-5-1-6-20-18(19)4-2-12-25(20)15-21(27)24-14-16-8-10-17(11-9-16)26-13-3-7-22(26)28/h1,5-6,8-11H,2-4,7,12-15,23H2,(H,24,27). The van der Waals surface area contributed by atoms with Gasteiger partial charge < -0.3 is 20.9 Å². The maximum atomic E-state index is 12.5. The van der Waals surface area contributed by atoms with Gasteiger partial charge >= 0.3 is 0 Å². The van der Waals surface area contributed by atoms with E-state index in [2.05, 4.69) is 10.2 Å². The molecule has 1 fully saturated rings. The van der Waals surface area contributed by atoms with Crippen LogP contribution in [0.4, 0.5) is 17.1 Å². The van der Waals surface area contributed by atoms with Gasteiger partial charge in [0.2, 0.25) is 11.8 Å². The summed E-state index contributed by atoms with van der Waals surface area (Å²) in [7, 11) is 0. The number of benzene rings is 2. The lowest BCUT2D eigenvalue weighted by atomic mass is 10.00. The Morgan fingerprint density at radius 3 is 2.57 bits per heavy atom. The summed E-state index contributed by atoms with van der Waals surface area (Å²) >= 11 is 0. The third kappa shape index (κ3) is 3.81. The van der Waals surface area contributed by atoms with Crippen LogP contribution in [0.5, 0.6) is 0 Å². The van der Waals surface area contributed by atoms with Crippen molar-refractivity contribution in [1.82, 2.24) is 5.32 Å². The average molecular weight is 378 g/mol. The van der Waals surface area contributed by atoms with Crippen molar-refractivity contribution in [3.63, 3.8) is 0 Å². The van der Waals surface area contributed by atoms with Gasteiger partial charge in [0.25, 0.3) is 0 Å². The Hall–Kier alpha value is -3.02. The summed E-state index contributed by atoms with van der Waals surface area (Å²) in [5, 5.41) is 3.00. The second-order valence-corrected chi connectivity index (χ2v) is 7.46. The molecule has 2 amide bonds. The molecule has 2 aliphatic rings. The molecule has 6 heteroatoms. The second kappa shape index (κ2) is 7.92. The number of anilines is 3. The van der Waals surface area contributed by atoms with Crippen molar-refractivity contribution in [2.45, 2.75) is 32.2 Å². The number of carbonyl (C=O) groups excluding carboxylic acids is 2. The lowest BCUT2D eigenvalue weighted by molar-refractivity contribution is -0.120. The molecule has 0 spiro atoms. The third-order valence-electron chi connectivity index (χ3n) is 5.53. The van der Waals surface area contributed by atoms with Crippen LogP contribution in [0.15, 0.2) is 42.5 Å². The fraction of sp³-hybridized carbons (Fsp3) is 0.364. The average Bonchev–Trinajstić information content (AvgIpc) is 3.13. The van der Waals surface area contributed by atoms with Crippen molar-refractivity contribution >= 4 is 28.9 Å². The summed E-state index contributed by atoms with van der Waals surface area (Å²) in [6.45, 7) is 2.46. The van der Waals surface area contributed by atoms with Crippen LogP contribution in [-0.4, -0.2) is 31.4 Å². The van der Waals surface area contributed by atoms with Crippen LogP contribution in [0, 0.1) is 0 Å². The summed E-state index contributed by atoms with van der Waals surface area (Å²) in [6.07, 6.45) is 3.52. The highest BCUT2D eigenvalue weighted by Crippen LogP contribution is 2.30. The molecule has 28 heavy (non-hydrogen) atoms. The van der Waals surface area contributed by atoms with Gasteiger partial charge in [-0.15, -0.1) is 0 Å². The number of fused-ring (bicyclic) bond motifs is 1. The summed E-state index contributed by atoms with van der Waals surface area (Å²) in [6, 6.07) is 13.7. The predicted octanol–water partition coefficient (Wildman–Crippen LogP) is 2.46. The number of nitrogens with one attached hydrogen (secondary N) is 1. The van der Waals surface area contributed by atoms with Gasteiger partial charge in [-0.2, -0.15) is 0 Å². The number of rotatable bonds is 5. The van der Waals surface area contributed by atoms with Gasteiger partial charge in [0, 0.05) is 43.1 Å². The minimum Gasteiger partial charge on any atom is -0.398 e. The fourth-order valence-electron chi connectivity index (χ4n) is 4.04. The highest BCUT2D eigenvalue weighted by molar-refractivity contribution is 5.95. The molecule has 6 nitrogen and oxygen atoms in total. The first kappa shape index (κ1) is 18.3. The topological polar surface area (TPSA) is 78.7 Å². The Bertz CT molecular complexity index is 879. The maximum absolute atomic E-state index is 12.5. The highest BCUT2D eigenvalue weighted by atomic mass is 16.2. The molecule has 2 aromatic rings. The lowest BCUT2D eigenvalue weighted by Crippen LogP contribution is -2.39. The predicted molar refractivity (Wildman–Crippen MR) is 111 cm³/mol. The Morgan fingerprint density at radius 1 is 1.04 bits per heavy atom. The van der Waals surface area contributed by atoms with E-state index in [0.717, 1.165) is 60.5 Å². The zero-order valence-electron chi connectivity index (χ0n) is 16.0. The monoisotopic (exact) mass is 378 g/mol. The fourth-order valence-corrected chi connectivity index (χ4v) is 4.04. The molecule has 4 rings (SSSR count). The van der Waals surface area contributed by atoms with E-state index < -0.39 is 0 Å². The molecule has 2 aromatic carbocycles. The molecule has 0 radical (unpaired) electrons. The van der Waals surface area contributed by atoms with Gasteiger partial charge in [0.15, 0.2) is 0 Å². The van der Waals surface area contributed by atoms with Gasteiger partial charge in [0.1, 0.15) is 0 Å². The zero-order chi connectivity index (χ0) is 19.5. The molecule has 0 aliphatic carbocycles. The lowest BCUT2D eigenvalue weighted by Gasteiger charge is -2.31. The number of hydrogen-bond acceptors (Lipinski definition) is 4. The normalized spacial score (nSPS) is 16.2. The molecular formula is C22H26N4O2. The number of carbonyl (C=O) groups is 2. The Labute approximate surface area is 165 Å². The number of nitrogens with two attached hydrogens (primary N) is 1. The van der Waals surface area contributed by atoms with E-state index in [1.54, 1.807) is 0 Å². The molecule has 0 aromatic heterocycles. The van der Waals surface area contributed by atoms with Crippen molar-refractivity contribution < 1.29 is 9.59 Å². The van der Waals surface area contributed by atoms with E-state index in [1.807, 2.05) is 47.4 Å². The first-order valence-electron chi connectivity index (χ1n) is 9.90. The van der Waals surface area contributed by atoms with Gasteiger partial charge in [-0.25, -0.2) is 0 Å². The van der Waals surface area contributed by atoms with Gasteiger partial charge in [-0.1, -0.05) is 18.2 Å². The maximum Gasteiger partial charge on any atom is 0.239 e. The smallest absolute Gasteiger partial charge is 0.239 e. The largest absolute Gasteiger partial charge is 0.398 e. The molecule has 3 N–H and O–H groups in total. The van der Waals surface area contributed by atoms with E-state index in [0.29, 0.717) is 19.5 Å². The number of nitrogen functional groups attached to an aromatic ring is 1. The van der Waals surface area contributed by atoms with Crippen LogP contribution in [-0.2, 0) is 22.6 Å². The van der Waals surface area contributed by atoms with E-state index >= 15 is 0 Å². The molecule has 2 aliphatic heterocycles. The van der Waals surface area contributed by atoms with Crippen molar-refractivity contribution in [2.75, 3.05) is 35.2 Å². The summed E-state index contributed by atoms with van der Waals surface area (Å²) in [4.78, 5) is 28.2. The first-order valence-corrected chi connectivity index (χ1v) is 9.90. The Balaban J connectivity index is 1.33. The first-order chi connectivity index (χ1) is 13.6. The minimum atomic E-state index is -0.00549. The summed E-state index contributed by atoms with van der Waals surface area (Å²) < 4.78 is 0. The molecule has 146 valence electrons. The molecular weight excluding hydrogens is 352 g/mol. The molecule has 0 atom stereocenters. The second-order valence-electron chi connectivity index (χ2n) is 7.46. The molecule has 0 unspecified atom stereocenters. The summed E-state index contributed by atoms with van der Waals surface area (Å²) in [5.41, 5.74) is 11.1. The Kier molecular flexibility index (Phi) is 5.19. The molecule has 0 bridgehead atoms. The number of nitrogens with zero attached hydrogens (tertiary/aromatic N) is 2. The van der Waals surface area contributed by atoms with E-state index in [-0.39, 0.29) is 11.8 Å². The highest BCUT2D eigenvalue weighted by Gasteiger charge is 2.22. The van der Waals surface area contributed by atoms with Crippen LogP contribution < -0.4 is 20.9 Å². The van der Waals surface area contributed by atoms with E-state index in [1.165, 1.54) is 0 Å². The van der Waals surface area contributed by atoms with Crippen LogP contribution in [0.25, 0.3) is 0 Å². The Morgan fingerprint density at radius 2 is 1.82 bits per heavy atom. The van der Waals surface area contributed by atoms with Gasteiger partial charge in [-0.05, 0) is 54.7 Å². The van der Waals surface area contributed by atoms with Crippen molar-refractivity contribution in [3.05, 3.63) is 53.6 Å². The quantitative estimate of drug-likeness (QED) is 0.784. The van der Waals surface area contributed by atoms with Crippen LogP contribution in [0.2, 0.25) is 0 Å².